The van der Waals surface area contributed by atoms with Crippen molar-refractivity contribution < 1.29 is 19.5 Å². The number of fused-ring (bicyclic) bond motifs is 1. The number of benzene rings is 1. The molecule has 2 fully saturated rings. The minimum absolute atomic E-state index is 0.249. The van der Waals surface area contributed by atoms with Crippen molar-refractivity contribution in [2.75, 3.05) is 18.0 Å². The van der Waals surface area contributed by atoms with Crippen LogP contribution in [0.15, 0.2) is 24.4 Å². The van der Waals surface area contributed by atoms with Gasteiger partial charge in [0.2, 0.25) is 5.91 Å². The SMILES string of the molecule is O=C1CCC(n2ncc3cc(N4CC(C(=O)O)C4)ccc32)C(=O)N1. The van der Waals surface area contributed by atoms with Crippen LogP contribution in [0.25, 0.3) is 10.9 Å². The van der Waals surface area contributed by atoms with Crippen LogP contribution >= 0.6 is 0 Å². The topological polar surface area (TPSA) is 105 Å². The first kappa shape index (κ1) is 14.7. The fraction of sp³-hybridized carbons (Fsp3) is 0.375. The maximum absolute atomic E-state index is 12.0. The van der Waals surface area contributed by atoms with Crippen LogP contribution in [0.5, 0.6) is 0 Å². The number of rotatable bonds is 3. The summed E-state index contributed by atoms with van der Waals surface area (Å²) in [6.45, 7) is 1.00. The van der Waals surface area contributed by atoms with Crippen molar-refractivity contribution in [1.29, 1.82) is 0 Å². The molecule has 1 unspecified atom stereocenters. The fourth-order valence-corrected chi connectivity index (χ4v) is 3.25. The number of hydrogen-bond donors (Lipinski definition) is 2. The van der Waals surface area contributed by atoms with E-state index in [4.69, 9.17) is 5.11 Å². The zero-order chi connectivity index (χ0) is 16.8. The lowest BCUT2D eigenvalue weighted by Crippen LogP contribution is -2.50. The lowest BCUT2D eigenvalue weighted by Gasteiger charge is -2.38. The van der Waals surface area contributed by atoms with Crippen LogP contribution in [-0.2, 0) is 14.4 Å². The second-order valence-electron chi connectivity index (χ2n) is 6.24. The summed E-state index contributed by atoms with van der Waals surface area (Å²) >= 11 is 0. The van der Waals surface area contributed by atoms with Crippen LogP contribution in [0, 0.1) is 5.92 Å². The zero-order valence-electron chi connectivity index (χ0n) is 12.8. The van der Waals surface area contributed by atoms with Gasteiger partial charge in [-0.3, -0.25) is 24.4 Å². The number of carboxylic acids is 1. The molecule has 0 spiro atoms. The highest BCUT2D eigenvalue weighted by Crippen LogP contribution is 2.30. The monoisotopic (exact) mass is 328 g/mol. The van der Waals surface area contributed by atoms with E-state index in [2.05, 4.69) is 10.4 Å². The van der Waals surface area contributed by atoms with E-state index in [9.17, 15) is 14.4 Å². The number of nitrogens with zero attached hydrogens (tertiary/aromatic N) is 3. The van der Waals surface area contributed by atoms with E-state index in [0.29, 0.717) is 25.9 Å². The van der Waals surface area contributed by atoms with E-state index < -0.39 is 12.0 Å². The van der Waals surface area contributed by atoms with Crippen molar-refractivity contribution in [2.45, 2.75) is 18.9 Å². The second-order valence-corrected chi connectivity index (χ2v) is 6.24. The van der Waals surface area contributed by atoms with Crippen molar-refractivity contribution in [1.82, 2.24) is 15.1 Å². The molecule has 8 nitrogen and oxygen atoms in total. The number of hydrogen-bond acceptors (Lipinski definition) is 5. The molecule has 4 rings (SSSR count). The molecule has 2 aliphatic rings. The van der Waals surface area contributed by atoms with E-state index in [-0.39, 0.29) is 17.7 Å². The minimum Gasteiger partial charge on any atom is -0.481 e. The van der Waals surface area contributed by atoms with E-state index in [1.54, 1.807) is 10.9 Å². The predicted molar refractivity (Wildman–Crippen MR) is 84.5 cm³/mol. The number of imide groups is 1. The first-order valence-corrected chi connectivity index (χ1v) is 7.81. The molecule has 24 heavy (non-hydrogen) atoms. The number of aliphatic carboxylic acids is 1. The molecule has 2 amide bonds. The van der Waals surface area contributed by atoms with Gasteiger partial charge in [0.15, 0.2) is 0 Å². The molecule has 3 heterocycles. The number of amides is 2. The Morgan fingerprint density at radius 3 is 2.79 bits per heavy atom. The number of anilines is 1. The van der Waals surface area contributed by atoms with Crippen molar-refractivity contribution in [3.8, 4) is 0 Å². The average Bonchev–Trinajstić information content (AvgIpc) is 2.88. The molecule has 1 aromatic heterocycles. The van der Waals surface area contributed by atoms with Crippen LogP contribution < -0.4 is 10.2 Å². The van der Waals surface area contributed by atoms with Gasteiger partial charge in [0.05, 0.1) is 17.6 Å². The van der Waals surface area contributed by atoms with Gasteiger partial charge in [-0.25, -0.2) is 0 Å². The second kappa shape index (κ2) is 5.33. The van der Waals surface area contributed by atoms with Gasteiger partial charge in [-0.2, -0.15) is 5.10 Å². The van der Waals surface area contributed by atoms with E-state index in [0.717, 1.165) is 16.6 Å². The van der Waals surface area contributed by atoms with Crippen LogP contribution in [0.1, 0.15) is 18.9 Å². The lowest BCUT2D eigenvalue weighted by atomic mass is 9.99. The number of carbonyl (C=O) groups excluding carboxylic acids is 2. The predicted octanol–water partition coefficient (Wildman–Crippen LogP) is 0.535. The molecular formula is C16H16N4O4. The quantitative estimate of drug-likeness (QED) is 0.797. The Balaban J connectivity index is 1.59. The molecule has 0 bridgehead atoms. The van der Waals surface area contributed by atoms with Crippen molar-refractivity contribution >= 4 is 34.4 Å². The van der Waals surface area contributed by atoms with Gasteiger partial charge in [-0.05, 0) is 24.6 Å². The van der Waals surface area contributed by atoms with Gasteiger partial charge in [-0.15, -0.1) is 0 Å². The summed E-state index contributed by atoms with van der Waals surface area (Å²) in [5, 5.41) is 16.5. The van der Waals surface area contributed by atoms with Crippen molar-refractivity contribution in [2.24, 2.45) is 5.92 Å². The Bertz CT molecular complexity index is 853. The summed E-state index contributed by atoms with van der Waals surface area (Å²) in [7, 11) is 0. The van der Waals surface area contributed by atoms with Crippen LogP contribution in [0.4, 0.5) is 5.69 Å². The summed E-state index contributed by atoms with van der Waals surface area (Å²) in [6.07, 6.45) is 2.44. The summed E-state index contributed by atoms with van der Waals surface area (Å²) in [6, 6.07) is 5.26. The van der Waals surface area contributed by atoms with Crippen LogP contribution in [-0.4, -0.2) is 45.8 Å². The number of aromatic nitrogens is 2. The first-order chi connectivity index (χ1) is 11.5. The standard InChI is InChI=1S/C16H16N4O4/c21-14-4-3-13(15(22)18-14)20-12-2-1-11(5-9(12)6-17-20)19-7-10(8-19)16(23)24/h1-2,5-6,10,13H,3-4,7-8H2,(H,23,24)(H,18,21,22). The molecular weight excluding hydrogens is 312 g/mol. The first-order valence-electron chi connectivity index (χ1n) is 7.81. The summed E-state index contributed by atoms with van der Waals surface area (Å²) in [4.78, 5) is 36.2. The lowest BCUT2D eigenvalue weighted by molar-refractivity contribution is -0.142. The molecule has 0 saturated carbocycles. The summed E-state index contributed by atoms with van der Waals surface area (Å²) < 4.78 is 1.65. The third kappa shape index (κ3) is 2.31. The molecule has 1 atom stereocenters. The zero-order valence-corrected chi connectivity index (χ0v) is 12.8. The number of nitrogens with one attached hydrogen (secondary N) is 1. The third-order valence-electron chi connectivity index (χ3n) is 4.68. The molecule has 0 aliphatic carbocycles. The van der Waals surface area contributed by atoms with Gasteiger partial charge < -0.3 is 10.0 Å². The number of carbonyl (C=O) groups is 3. The molecule has 2 aromatic rings. The van der Waals surface area contributed by atoms with Gasteiger partial charge in [-0.1, -0.05) is 0 Å². The molecule has 2 aliphatic heterocycles. The maximum Gasteiger partial charge on any atom is 0.310 e. The Morgan fingerprint density at radius 2 is 2.08 bits per heavy atom. The Labute approximate surface area is 137 Å². The number of piperidine rings is 1. The maximum atomic E-state index is 12.0. The van der Waals surface area contributed by atoms with Gasteiger partial charge >= 0.3 is 5.97 Å². The fourth-order valence-electron chi connectivity index (χ4n) is 3.25. The molecule has 124 valence electrons. The average molecular weight is 328 g/mol. The largest absolute Gasteiger partial charge is 0.481 e. The van der Waals surface area contributed by atoms with Crippen molar-refractivity contribution in [3.05, 3.63) is 24.4 Å². The summed E-state index contributed by atoms with van der Waals surface area (Å²) in [5.74, 6) is -1.65. The normalized spacial score (nSPS) is 21.7. The minimum atomic E-state index is -0.766. The molecule has 1 aromatic carbocycles. The highest BCUT2D eigenvalue weighted by Gasteiger charge is 2.33. The Kier molecular flexibility index (Phi) is 3.26. The molecule has 2 N–H and O–H groups in total. The molecule has 0 radical (unpaired) electrons. The number of carboxylic acid groups (broad SMARTS) is 1. The van der Waals surface area contributed by atoms with E-state index >= 15 is 0 Å². The van der Waals surface area contributed by atoms with E-state index in [1.807, 2.05) is 23.1 Å². The van der Waals surface area contributed by atoms with Gasteiger partial charge in [0.25, 0.3) is 5.91 Å². The third-order valence-corrected chi connectivity index (χ3v) is 4.68. The summed E-state index contributed by atoms with van der Waals surface area (Å²) in [5.41, 5.74) is 1.77. The Hall–Kier alpha value is -2.90. The van der Waals surface area contributed by atoms with Crippen molar-refractivity contribution in [3.63, 3.8) is 0 Å². The van der Waals surface area contributed by atoms with Crippen LogP contribution in [0.2, 0.25) is 0 Å². The van der Waals surface area contributed by atoms with Gasteiger partial charge in [0.1, 0.15) is 6.04 Å². The van der Waals surface area contributed by atoms with Gasteiger partial charge in [0, 0.05) is 30.6 Å². The van der Waals surface area contributed by atoms with E-state index in [1.165, 1.54) is 0 Å². The molecule has 8 heteroatoms. The highest BCUT2D eigenvalue weighted by molar-refractivity contribution is 6.00. The molecule has 2 saturated heterocycles. The highest BCUT2D eigenvalue weighted by atomic mass is 16.4. The van der Waals surface area contributed by atoms with Crippen LogP contribution in [0.3, 0.4) is 0 Å². The Morgan fingerprint density at radius 1 is 1.29 bits per heavy atom. The smallest absolute Gasteiger partial charge is 0.310 e.